The Morgan fingerprint density at radius 3 is 2.29 bits per heavy atom. The summed E-state index contributed by atoms with van der Waals surface area (Å²) in [5, 5.41) is 2.60. The van der Waals surface area contributed by atoms with Crippen molar-refractivity contribution in [3.05, 3.63) is 30.3 Å². The van der Waals surface area contributed by atoms with Crippen LogP contribution in [0.5, 0.6) is 0 Å². The molecule has 0 spiro atoms. The Bertz CT molecular complexity index is 482. The van der Waals surface area contributed by atoms with E-state index in [4.69, 9.17) is 0 Å². The minimum absolute atomic E-state index is 0.0297. The van der Waals surface area contributed by atoms with E-state index in [1.54, 1.807) is 19.0 Å². The molecular weight excluding hydrogens is 268 g/mol. The van der Waals surface area contributed by atoms with Gasteiger partial charge in [0, 0.05) is 46.0 Å². The lowest BCUT2D eigenvalue weighted by molar-refractivity contribution is -0.130. The SMILES string of the molecule is CN(C)C(=O)NCC(=O)N1CCN(c2ccccc2)CC1. The van der Waals surface area contributed by atoms with Crippen LogP contribution in [0.2, 0.25) is 0 Å². The fraction of sp³-hybridized carbons (Fsp3) is 0.467. The number of piperazine rings is 1. The molecule has 1 aromatic carbocycles. The van der Waals surface area contributed by atoms with Gasteiger partial charge in [-0.1, -0.05) is 18.2 Å². The highest BCUT2D eigenvalue weighted by Gasteiger charge is 2.21. The third kappa shape index (κ3) is 4.11. The summed E-state index contributed by atoms with van der Waals surface area (Å²) in [4.78, 5) is 28.9. The van der Waals surface area contributed by atoms with Crippen molar-refractivity contribution in [3.63, 3.8) is 0 Å². The zero-order valence-electron chi connectivity index (χ0n) is 12.6. The molecule has 1 saturated heterocycles. The summed E-state index contributed by atoms with van der Waals surface area (Å²) in [5.41, 5.74) is 1.19. The second-order valence-electron chi connectivity index (χ2n) is 5.26. The monoisotopic (exact) mass is 290 g/mol. The van der Waals surface area contributed by atoms with Gasteiger partial charge in [-0.3, -0.25) is 4.79 Å². The van der Waals surface area contributed by atoms with Gasteiger partial charge in [-0.25, -0.2) is 4.79 Å². The van der Waals surface area contributed by atoms with Crippen molar-refractivity contribution in [1.82, 2.24) is 15.1 Å². The van der Waals surface area contributed by atoms with Crippen LogP contribution in [0, 0.1) is 0 Å². The zero-order valence-corrected chi connectivity index (χ0v) is 12.6. The van der Waals surface area contributed by atoms with Gasteiger partial charge in [0.05, 0.1) is 6.54 Å². The summed E-state index contributed by atoms with van der Waals surface area (Å²) >= 11 is 0. The maximum absolute atomic E-state index is 12.0. The molecule has 0 atom stereocenters. The van der Waals surface area contributed by atoms with Gasteiger partial charge in [-0.05, 0) is 12.1 Å². The van der Waals surface area contributed by atoms with Crippen LogP contribution >= 0.6 is 0 Å². The number of urea groups is 1. The summed E-state index contributed by atoms with van der Waals surface area (Å²) in [6, 6.07) is 9.94. The molecule has 1 heterocycles. The molecule has 0 saturated carbocycles. The molecule has 3 amide bonds. The molecule has 2 rings (SSSR count). The largest absolute Gasteiger partial charge is 0.368 e. The second-order valence-corrected chi connectivity index (χ2v) is 5.26. The number of hydrogen-bond donors (Lipinski definition) is 1. The van der Waals surface area contributed by atoms with Gasteiger partial charge in [0.15, 0.2) is 0 Å². The first-order valence-corrected chi connectivity index (χ1v) is 7.11. The number of nitrogens with zero attached hydrogens (tertiary/aromatic N) is 3. The number of benzene rings is 1. The molecule has 1 aliphatic heterocycles. The van der Waals surface area contributed by atoms with E-state index in [1.807, 2.05) is 18.2 Å². The fourth-order valence-electron chi connectivity index (χ4n) is 2.27. The van der Waals surface area contributed by atoms with Gasteiger partial charge in [0.25, 0.3) is 0 Å². The highest BCUT2D eigenvalue weighted by molar-refractivity contribution is 5.84. The van der Waals surface area contributed by atoms with E-state index in [2.05, 4.69) is 22.3 Å². The van der Waals surface area contributed by atoms with Crippen molar-refractivity contribution in [2.24, 2.45) is 0 Å². The molecule has 0 aromatic heterocycles. The first kappa shape index (κ1) is 15.2. The van der Waals surface area contributed by atoms with Crippen LogP contribution in [0.15, 0.2) is 30.3 Å². The van der Waals surface area contributed by atoms with Crippen LogP contribution in [0.3, 0.4) is 0 Å². The molecule has 0 unspecified atom stereocenters. The molecule has 1 aliphatic rings. The Morgan fingerprint density at radius 1 is 1.10 bits per heavy atom. The Morgan fingerprint density at radius 2 is 1.71 bits per heavy atom. The van der Waals surface area contributed by atoms with E-state index in [-0.39, 0.29) is 18.5 Å². The quantitative estimate of drug-likeness (QED) is 0.887. The summed E-state index contributed by atoms with van der Waals surface area (Å²) in [5.74, 6) is -0.0297. The Labute approximate surface area is 125 Å². The smallest absolute Gasteiger partial charge is 0.317 e. The lowest BCUT2D eigenvalue weighted by Crippen LogP contribution is -2.51. The van der Waals surface area contributed by atoms with Crippen molar-refractivity contribution in [2.75, 3.05) is 51.7 Å². The third-order valence-electron chi connectivity index (χ3n) is 3.55. The summed E-state index contributed by atoms with van der Waals surface area (Å²) < 4.78 is 0. The number of amides is 3. The van der Waals surface area contributed by atoms with Crippen LogP contribution in [0.1, 0.15) is 0 Å². The topological polar surface area (TPSA) is 55.9 Å². The van der Waals surface area contributed by atoms with Crippen molar-refractivity contribution in [1.29, 1.82) is 0 Å². The maximum Gasteiger partial charge on any atom is 0.317 e. The molecule has 6 nitrogen and oxygen atoms in total. The first-order valence-electron chi connectivity index (χ1n) is 7.11. The molecule has 0 aliphatic carbocycles. The van der Waals surface area contributed by atoms with Gasteiger partial charge in [-0.15, -0.1) is 0 Å². The summed E-state index contributed by atoms with van der Waals surface area (Å²) in [6.45, 7) is 3.06. The summed E-state index contributed by atoms with van der Waals surface area (Å²) in [6.07, 6.45) is 0. The van der Waals surface area contributed by atoms with Crippen LogP contribution in [-0.2, 0) is 4.79 Å². The Kier molecular flexibility index (Phi) is 5.03. The maximum atomic E-state index is 12.0. The Balaban J connectivity index is 1.78. The lowest BCUT2D eigenvalue weighted by atomic mass is 10.2. The van der Waals surface area contributed by atoms with E-state index in [0.29, 0.717) is 13.1 Å². The predicted octanol–water partition coefficient (Wildman–Crippen LogP) is 0.606. The van der Waals surface area contributed by atoms with Crippen LogP contribution in [-0.4, -0.2) is 68.6 Å². The highest BCUT2D eigenvalue weighted by Crippen LogP contribution is 2.15. The van der Waals surface area contributed by atoms with Crippen LogP contribution in [0.25, 0.3) is 0 Å². The molecule has 1 N–H and O–H groups in total. The Hall–Kier alpha value is -2.24. The molecule has 6 heteroatoms. The van der Waals surface area contributed by atoms with Gasteiger partial charge in [0.2, 0.25) is 5.91 Å². The van der Waals surface area contributed by atoms with Crippen LogP contribution in [0.4, 0.5) is 10.5 Å². The average molecular weight is 290 g/mol. The number of anilines is 1. The van der Waals surface area contributed by atoms with Crippen molar-refractivity contribution >= 4 is 17.6 Å². The summed E-state index contributed by atoms with van der Waals surface area (Å²) in [7, 11) is 3.30. The second kappa shape index (κ2) is 6.97. The number of carbonyl (C=O) groups excluding carboxylic acids is 2. The van der Waals surface area contributed by atoms with Gasteiger partial charge in [0.1, 0.15) is 0 Å². The van der Waals surface area contributed by atoms with Gasteiger partial charge in [-0.2, -0.15) is 0 Å². The predicted molar refractivity (Wildman–Crippen MR) is 82.3 cm³/mol. The number of rotatable bonds is 3. The minimum Gasteiger partial charge on any atom is -0.368 e. The normalized spacial score (nSPS) is 14.8. The van der Waals surface area contributed by atoms with E-state index < -0.39 is 0 Å². The van der Waals surface area contributed by atoms with E-state index in [9.17, 15) is 9.59 Å². The molecule has 21 heavy (non-hydrogen) atoms. The van der Waals surface area contributed by atoms with Crippen molar-refractivity contribution < 1.29 is 9.59 Å². The van der Waals surface area contributed by atoms with Crippen molar-refractivity contribution in [3.8, 4) is 0 Å². The zero-order chi connectivity index (χ0) is 15.2. The van der Waals surface area contributed by atoms with Crippen LogP contribution < -0.4 is 10.2 Å². The molecular formula is C15H22N4O2. The molecule has 0 radical (unpaired) electrons. The minimum atomic E-state index is -0.244. The van der Waals surface area contributed by atoms with Gasteiger partial charge < -0.3 is 20.0 Å². The third-order valence-corrected chi connectivity index (χ3v) is 3.55. The molecule has 0 bridgehead atoms. The van der Waals surface area contributed by atoms with E-state index >= 15 is 0 Å². The standard InChI is InChI=1S/C15H22N4O2/c1-17(2)15(21)16-12-14(20)19-10-8-18(9-11-19)13-6-4-3-5-7-13/h3-7H,8-12H2,1-2H3,(H,16,21). The van der Waals surface area contributed by atoms with Gasteiger partial charge >= 0.3 is 6.03 Å². The van der Waals surface area contributed by atoms with E-state index in [0.717, 1.165) is 13.1 Å². The van der Waals surface area contributed by atoms with Crippen molar-refractivity contribution in [2.45, 2.75) is 0 Å². The number of carbonyl (C=O) groups is 2. The molecule has 1 aromatic rings. The first-order chi connectivity index (χ1) is 10.1. The highest BCUT2D eigenvalue weighted by atomic mass is 16.2. The van der Waals surface area contributed by atoms with E-state index in [1.165, 1.54) is 10.6 Å². The molecule has 1 fully saturated rings. The fourth-order valence-corrected chi connectivity index (χ4v) is 2.27. The lowest BCUT2D eigenvalue weighted by Gasteiger charge is -2.36. The average Bonchev–Trinajstić information content (AvgIpc) is 2.53. The number of nitrogens with one attached hydrogen (secondary N) is 1. The molecule has 114 valence electrons. The number of hydrogen-bond acceptors (Lipinski definition) is 3. The number of para-hydroxylation sites is 1.